The molecule has 0 saturated carbocycles. The predicted molar refractivity (Wildman–Crippen MR) is 90.1 cm³/mol. The first-order valence-electron chi connectivity index (χ1n) is 7.27. The number of fused-ring (bicyclic) bond motifs is 1. The van der Waals surface area contributed by atoms with Gasteiger partial charge in [0.25, 0.3) is 0 Å². The second-order valence-corrected chi connectivity index (χ2v) is 5.04. The molecule has 0 aliphatic rings. The van der Waals surface area contributed by atoms with E-state index in [-0.39, 0.29) is 0 Å². The average Bonchev–Trinajstić information content (AvgIpc) is 3.04. The molecule has 0 aliphatic carbocycles. The smallest absolute Gasteiger partial charge is 0.230 e. The highest BCUT2D eigenvalue weighted by Gasteiger charge is 2.04. The Balaban J connectivity index is 1.56. The molecule has 5 heteroatoms. The minimum Gasteiger partial charge on any atom is -0.439 e. The SMILES string of the molecule is c1ccc(Nc2nccc(Oc3ccc4[nH]ccc4c3)n2)cc1. The van der Waals surface area contributed by atoms with Crippen LogP contribution in [-0.4, -0.2) is 15.0 Å². The molecule has 4 rings (SSSR count). The Morgan fingerprint density at radius 3 is 2.78 bits per heavy atom. The van der Waals surface area contributed by atoms with Gasteiger partial charge in [-0.3, -0.25) is 0 Å². The average molecular weight is 302 g/mol. The van der Waals surface area contributed by atoms with Crippen LogP contribution < -0.4 is 10.1 Å². The number of H-pyrrole nitrogens is 1. The van der Waals surface area contributed by atoms with Crippen molar-refractivity contribution in [1.29, 1.82) is 0 Å². The summed E-state index contributed by atoms with van der Waals surface area (Å²) in [6.07, 6.45) is 3.57. The van der Waals surface area contributed by atoms with Gasteiger partial charge in [-0.2, -0.15) is 4.98 Å². The lowest BCUT2D eigenvalue weighted by Crippen LogP contribution is -1.98. The topological polar surface area (TPSA) is 62.8 Å². The Bertz CT molecular complexity index is 934. The fraction of sp³-hybridized carbons (Fsp3) is 0. The third kappa shape index (κ3) is 2.98. The monoisotopic (exact) mass is 302 g/mol. The zero-order valence-electron chi connectivity index (χ0n) is 12.2. The van der Waals surface area contributed by atoms with E-state index in [1.54, 1.807) is 12.3 Å². The molecule has 2 aromatic carbocycles. The fourth-order valence-electron chi connectivity index (χ4n) is 2.33. The lowest BCUT2D eigenvalue weighted by Gasteiger charge is -2.07. The highest BCUT2D eigenvalue weighted by atomic mass is 16.5. The number of aromatic amines is 1. The van der Waals surface area contributed by atoms with Gasteiger partial charge >= 0.3 is 0 Å². The highest BCUT2D eigenvalue weighted by Crippen LogP contribution is 2.24. The zero-order valence-corrected chi connectivity index (χ0v) is 12.2. The molecule has 0 saturated heterocycles. The number of benzene rings is 2. The van der Waals surface area contributed by atoms with Gasteiger partial charge in [0.1, 0.15) is 5.75 Å². The number of nitrogens with zero attached hydrogens (tertiary/aromatic N) is 2. The fourth-order valence-corrected chi connectivity index (χ4v) is 2.33. The van der Waals surface area contributed by atoms with Crippen LogP contribution in [0.4, 0.5) is 11.6 Å². The van der Waals surface area contributed by atoms with E-state index in [0.717, 1.165) is 22.3 Å². The summed E-state index contributed by atoms with van der Waals surface area (Å²) in [6, 6.07) is 19.4. The van der Waals surface area contributed by atoms with E-state index in [9.17, 15) is 0 Å². The van der Waals surface area contributed by atoms with Gasteiger partial charge in [0.15, 0.2) is 0 Å². The van der Waals surface area contributed by atoms with Crippen molar-refractivity contribution in [2.45, 2.75) is 0 Å². The van der Waals surface area contributed by atoms with Crippen molar-refractivity contribution in [3.05, 3.63) is 73.1 Å². The van der Waals surface area contributed by atoms with E-state index in [4.69, 9.17) is 4.74 Å². The largest absolute Gasteiger partial charge is 0.439 e. The summed E-state index contributed by atoms with van der Waals surface area (Å²) in [7, 11) is 0. The molecule has 2 N–H and O–H groups in total. The Kier molecular flexibility index (Phi) is 3.37. The maximum atomic E-state index is 5.83. The normalized spacial score (nSPS) is 10.6. The lowest BCUT2D eigenvalue weighted by atomic mass is 10.2. The third-order valence-electron chi connectivity index (χ3n) is 3.41. The van der Waals surface area contributed by atoms with Crippen LogP contribution in [0.2, 0.25) is 0 Å². The van der Waals surface area contributed by atoms with Crippen molar-refractivity contribution in [1.82, 2.24) is 15.0 Å². The molecule has 4 aromatic rings. The molecule has 0 fully saturated rings. The summed E-state index contributed by atoms with van der Waals surface area (Å²) in [4.78, 5) is 11.7. The standard InChI is InChI=1S/C18H14N4O/c1-2-4-14(5-3-1)21-18-20-11-9-17(22-18)23-15-6-7-16-13(12-15)8-10-19-16/h1-12,19H,(H,20,21,22). The van der Waals surface area contributed by atoms with Crippen LogP contribution in [-0.2, 0) is 0 Å². The van der Waals surface area contributed by atoms with Gasteiger partial charge in [-0.1, -0.05) is 18.2 Å². The van der Waals surface area contributed by atoms with Gasteiger partial charge in [0.2, 0.25) is 11.8 Å². The molecular weight excluding hydrogens is 288 g/mol. The van der Waals surface area contributed by atoms with E-state index in [1.807, 2.05) is 60.8 Å². The number of rotatable bonds is 4. The maximum absolute atomic E-state index is 5.83. The Hall–Kier alpha value is -3.34. The first-order chi connectivity index (χ1) is 11.4. The van der Waals surface area contributed by atoms with Crippen molar-refractivity contribution in [3.8, 4) is 11.6 Å². The molecule has 0 unspecified atom stereocenters. The number of nitrogens with one attached hydrogen (secondary N) is 2. The van der Waals surface area contributed by atoms with Crippen molar-refractivity contribution < 1.29 is 4.74 Å². The molecule has 0 radical (unpaired) electrons. The van der Waals surface area contributed by atoms with Crippen LogP contribution in [0, 0.1) is 0 Å². The van der Waals surface area contributed by atoms with Crippen LogP contribution in [0.1, 0.15) is 0 Å². The molecule has 2 aromatic heterocycles. The number of ether oxygens (including phenoxy) is 1. The van der Waals surface area contributed by atoms with Crippen LogP contribution in [0.25, 0.3) is 10.9 Å². The van der Waals surface area contributed by atoms with E-state index in [0.29, 0.717) is 11.8 Å². The van der Waals surface area contributed by atoms with Crippen molar-refractivity contribution in [2.75, 3.05) is 5.32 Å². The first-order valence-corrected chi connectivity index (χ1v) is 7.27. The van der Waals surface area contributed by atoms with Crippen LogP contribution in [0.15, 0.2) is 73.1 Å². The Morgan fingerprint density at radius 2 is 1.87 bits per heavy atom. The van der Waals surface area contributed by atoms with Gasteiger partial charge in [-0.25, -0.2) is 4.98 Å². The van der Waals surface area contributed by atoms with Crippen LogP contribution in [0.3, 0.4) is 0 Å². The second-order valence-electron chi connectivity index (χ2n) is 5.04. The van der Waals surface area contributed by atoms with Crippen molar-refractivity contribution in [2.24, 2.45) is 0 Å². The Morgan fingerprint density at radius 1 is 0.957 bits per heavy atom. The van der Waals surface area contributed by atoms with Gasteiger partial charge in [-0.15, -0.1) is 0 Å². The molecule has 0 atom stereocenters. The summed E-state index contributed by atoms with van der Waals surface area (Å²) in [6.45, 7) is 0. The van der Waals surface area contributed by atoms with E-state index in [1.165, 1.54) is 0 Å². The molecule has 2 heterocycles. The van der Waals surface area contributed by atoms with E-state index in [2.05, 4.69) is 20.3 Å². The predicted octanol–water partition coefficient (Wildman–Crippen LogP) is 4.49. The molecular formula is C18H14N4O. The number of anilines is 2. The van der Waals surface area contributed by atoms with Gasteiger partial charge < -0.3 is 15.0 Å². The number of hydrogen-bond acceptors (Lipinski definition) is 4. The summed E-state index contributed by atoms with van der Waals surface area (Å²) < 4.78 is 5.83. The zero-order chi connectivity index (χ0) is 15.5. The summed E-state index contributed by atoms with van der Waals surface area (Å²) in [5, 5.41) is 4.24. The van der Waals surface area contributed by atoms with Gasteiger partial charge in [0.05, 0.1) is 0 Å². The quantitative estimate of drug-likeness (QED) is 0.583. The molecule has 0 bridgehead atoms. The molecule has 0 aliphatic heterocycles. The van der Waals surface area contributed by atoms with Crippen molar-refractivity contribution in [3.63, 3.8) is 0 Å². The van der Waals surface area contributed by atoms with Crippen LogP contribution >= 0.6 is 0 Å². The molecule has 0 amide bonds. The number of para-hydroxylation sites is 1. The second kappa shape index (κ2) is 5.81. The highest BCUT2D eigenvalue weighted by molar-refractivity contribution is 5.80. The van der Waals surface area contributed by atoms with Crippen LogP contribution in [0.5, 0.6) is 11.6 Å². The van der Waals surface area contributed by atoms with E-state index < -0.39 is 0 Å². The Labute approximate surface area is 133 Å². The maximum Gasteiger partial charge on any atom is 0.230 e. The van der Waals surface area contributed by atoms with Gasteiger partial charge in [0, 0.05) is 35.1 Å². The van der Waals surface area contributed by atoms with Crippen molar-refractivity contribution >= 4 is 22.5 Å². The molecule has 23 heavy (non-hydrogen) atoms. The first kappa shape index (κ1) is 13.3. The van der Waals surface area contributed by atoms with E-state index >= 15 is 0 Å². The summed E-state index contributed by atoms with van der Waals surface area (Å²) in [5.74, 6) is 1.73. The third-order valence-corrected chi connectivity index (χ3v) is 3.41. The van der Waals surface area contributed by atoms with Gasteiger partial charge in [-0.05, 0) is 36.4 Å². The summed E-state index contributed by atoms with van der Waals surface area (Å²) in [5.41, 5.74) is 2.00. The molecule has 112 valence electrons. The molecule has 5 nitrogen and oxygen atoms in total. The summed E-state index contributed by atoms with van der Waals surface area (Å²) >= 11 is 0. The minimum absolute atomic E-state index is 0.494. The number of hydrogen-bond donors (Lipinski definition) is 2. The lowest BCUT2D eigenvalue weighted by molar-refractivity contribution is 0.463. The molecule has 0 spiro atoms. The minimum atomic E-state index is 0.494. The number of aromatic nitrogens is 3.